The first-order valence-electron chi connectivity index (χ1n) is 8.11. The summed E-state index contributed by atoms with van der Waals surface area (Å²) in [5.41, 5.74) is 2.32. The minimum Gasteiger partial charge on any atom is -0.465 e. The normalized spacial score (nSPS) is 11.9. The van der Waals surface area contributed by atoms with Crippen LogP contribution < -0.4 is 5.32 Å². The Balaban J connectivity index is 1.85. The lowest BCUT2D eigenvalue weighted by Gasteiger charge is -2.15. The summed E-state index contributed by atoms with van der Waals surface area (Å²) < 4.78 is 6.66. The summed E-state index contributed by atoms with van der Waals surface area (Å²) in [7, 11) is 1.35. The number of fused-ring (bicyclic) bond motifs is 1. The molecule has 0 aliphatic rings. The van der Waals surface area contributed by atoms with Gasteiger partial charge in [0.05, 0.1) is 12.7 Å². The number of methoxy groups -OCH3 is 1. The smallest absolute Gasteiger partial charge is 0.340 e. The van der Waals surface area contributed by atoms with Gasteiger partial charge in [-0.3, -0.25) is 4.79 Å². The summed E-state index contributed by atoms with van der Waals surface area (Å²) in [4.78, 5) is 24.6. The van der Waals surface area contributed by atoms with Crippen LogP contribution >= 0.6 is 0 Å². The lowest BCUT2D eigenvalue weighted by molar-refractivity contribution is -0.123. The Morgan fingerprint density at radius 1 is 1.08 bits per heavy atom. The van der Waals surface area contributed by atoms with Crippen LogP contribution in [-0.4, -0.2) is 23.6 Å². The average Bonchev–Trinajstić information content (AvgIpc) is 3.05. The molecular weight excluding hydrogens is 316 g/mol. The quantitative estimate of drug-likeness (QED) is 0.727. The number of para-hydroxylation sites is 1. The van der Waals surface area contributed by atoms with Crippen molar-refractivity contribution in [3.05, 3.63) is 71.9 Å². The third-order valence-electron chi connectivity index (χ3n) is 4.25. The number of nitrogens with one attached hydrogen (secondary N) is 1. The number of carbonyl (C=O) groups is 2. The second kappa shape index (κ2) is 7.21. The molecule has 0 unspecified atom stereocenters. The summed E-state index contributed by atoms with van der Waals surface area (Å²) in [6.45, 7) is 2.28. The molecule has 1 heterocycles. The highest BCUT2D eigenvalue weighted by atomic mass is 16.5. The molecule has 0 saturated carbocycles. The van der Waals surface area contributed by atoms with Gasteiger partial charge in [0.25, 0.3) is 0 Å². The van der Waals surface area contributed by atoms with Gasteiger partial charge in [0.15, 0.2) is 0 Å². The SMILES string of the molecule is COC(=O)c1cn([C@@H](C)C(=O)NCc2ccccc2)c2ccccc12. The molecule has 1 atom stereocenters. The number of carbonyl (C=O) groups excluding carboxylic acids is 2. The topological polar surface area (TPSA) is 60.3 Å². The van der Waals surface area contributed by atoms with Gasteiger partial charge in [0.1, 0.15) is 6.04 Å². The fourth-order valence-corrected chi connectivity index (χ4v) is 2.86. The van der Waals surface area contributed by atoms with Crippen molar-refractivity contribution in [2.75, 3.05) is 7.11 Å². The molecule has 0 radical (unpaired) electrons. The van der Waals surface area contributed by atoms with Crippen LogP contribution in [-0.2, 0) is 16.1 Å². The first kappa shape index (κ1) is 16.8. The highest BCUT2D eigenvalue weighted by Gasteiger charge is 2.21. The maximum atomic E-state index is 12.6. The highest BCUT2D eigenvalue weighted by Crippen LogP contribution is 2.25. The first-order chi connectivity index (χ1) is 12.1. The second-order valence-corrected chi connectivity index (χ2v) is 5.84. The maximum absolute atomic E-state index is 12.6. The first-order valence-corrected chi connectivity index (χ1v) is 8.11. The van der Waals surface area contributed by atoms with Gasteiger partial charge in [-0.15, -0.1) is 0 Å². The van der Waals surface area contributed by atoms with Crippen molar-refractivity contribution >= 4 is 22.8 Å². The number of aromatic nitrogens is 1. The Hall–Kier alpha value is -3.08. The number of hydrogen-bond donors (Lipinski definition) is 1. The number of nitrogens with zero attached hydrogens (tertiary/aromatic N) is 1. The van der Waals surface area contributed by atoms with Crippen LogP contribution in [0.3, 0.4) is 0 Å². The van der Waals surface area contributed by atoms with Crippen molar-refractivity contribution in [3.63, 3.8) is 0 Å². The fraction of sp³-hybridized carbons (Fsp3) is 0.200. The Labute approximate surface area is 146 Å². The van der Waals surface area contributed by atoms with E-state index in [1.807, 2.05) is 66.1 Å². The van der Waals surface area contributed by atoms with Gasteiger partial charge in [-0.05, 0) is 18.6 Å². The van der Waals surface area contributed by atoms with E-state index >= 15 is 0 Å². The van der Waals surface area contributed by atoms with Crippen LogP contribution in [0.1, 0.15) is 28.9 Å². The van der Waals surface area contributed by atoms with Gasteiger partial charge in [-0.25, -0.2) is 4.79 Å². The molecule has 5 heteroatoms. The van der Waals surface area contributed by atoms with Gasteiger partial charge >= 0.3 is 5.97 Å². The van der Waals surface area contributed by atoms with Crippen LogP contribution in [0.4, 0.5) is 0 Å². The lowest BCUT2D eigenvalue weighted by atomic mass is 10.2. The Morgan fingerprint density at radius 2 is 1.76 bits per heavy atom. The number of amides is 1. The minimum atomic E-state index is -0.452. The van der Waals surface area contributed by atoms with E-state index in [0.717, 1.165) is 16.5 Å². The van der Waals surface area contributed by atoms with E-state index in [9.17, 15) is 9.59 Å². The van der Waals surface area contributed by atoms with Gasteiger partial charge in [-0.2, -0.15) is 0 Å². The molecule has 0 aliphatic heterocycles. The number of esters is 1. The van der Waals surface area contributed by atoms with E-state index in [2.05, 4.69) is 5.32 Å². The summed E-state index contributed by atoms with van der Waals surface area (Å²) in [5.74, 6) is -0.520. The monoisotopic (exact) mass is 336 g/mol. The van der Waals surface area contributed by atoms with Gasteiger partial charge in [0, 0.05) is 23.6 Å². The summed E-state index contributed by atoms with van der Waals surface area (Å²) >= 11 is 0. The zero-order chi connectivity index (χ0) is 17.8. The van der Waals surface area contributed by atoms with Crippen LogP contribution in [0.2, 0.25) is 0 Å². The molecule has 128 valence electrons. The number of rotatable bonds is 5. The minimum absolute atomic E-state index is 0.110. The Bertz CT molecular complexity index is 900. The zero-order valence-electron chi connectivity index (χ0n) is 14.2. The maximum Gasteiger partial charge on any atom is 0.340 e. The Morgan fingerprint density at radius 3 is 2.48 bits per heavy atom. The van der Waals surface area contributed by atoms with Gasteiger partial charge in [0.2, 0.25) is 5.91 Å². The summed E-state index contributed by atoms with van der Waals surface area (Å²) in [6, 6.07) is 16.8. The molecule has 1 N–H and O–H groups in total. The number of ether oxygens (including phenoxy) is 1. The van der Waals surface area contributed by atoms with E-state index in [4.69, 9.17) is 4.74 Å². The molecular formula is C20H20N2O3. The molecule has 0 bridgehead atoms. The van der Waals surface area contributed by atoms with Crippen molar-refractivity contribution in [2.45, 2.75) is 19.5 Å². The van der Waals surface area contributed by atoms with Crippen molar-refractivity contribution in [1.29, 1.82) is 0 Å². The molecule has 0 saturated heterocycles. The van der Waals surface area contributed by atoms with E-state index < -0.39 is 12.0 Å². The number of hydrogen-bond acceptors (Lipinski definition) is 3. The molecule has 0 fully saturated rings. The van der Waals surface area contributed by atoms with Crippen molar-refractivity contribution < 1.29 is 14.3 Å². The van der Waals surface area contributed by atoms with E-state index in [1.165, 1.54) is 7.11 Å². The predicted molar refractivity (Wildman–Crippen MR) is 96.3 cm³/mol. The Kier molecular flexibility index (Phi) is 4.84. The highest BCUT2D eigenvalue weighted by molar-refractivity contribution is 6.04. The van der Waals surface area contributed by atoms with E-state index in [-0.39, 0.29) is 5.91 Å². The molecule has 3 aromatic rings. The lowest BCUT2D eigenvalue weighted by Crippen LogP contribution is -2.30. The molecule has 1 aromatic heterocycles. The van der Waals surface area contributed by atoms with Crippen molar-refractivity contribution in [1.82, 2.24) is 9.88 Å². The molecule has 3 rings (SSSR count). The molecule has 5 nitrogen and oxygen atoms in total. The van der Waals surface area contributed by atoms with Crippen LogP contribution in [0.15, 0.2) is 60.8 Å². The molecule has 2 aromatic carbocycles. The van der Waals surface area contributed by atoms with E-state index in [0.29, 0.717) is 12.1 Å². The molecule has 0 aliphatic carbocycles. The van der Waals surface area contributed by atoms with Crippen LogP contribution in [0.25, 0.3) is 10.9 Å². The standard InChI is InChI=1S/C20H20N2O3/c1-14(19(23)21-12-15-8-4-3-5-9-15)22-13-17(20(24)25-2)16-10-6-7-11-18(16)22/h3-11,13-14H,12H2,1-2H3,(H,21,23)/t14-/m0/s1. The number of benzene rings is 2. The molecule has 25 heavy (non-hydrogen) atoms. The van der Waals surface area contributed by atoms with Gasteiger partial charge in [-0.1, -0.05) is 48.5 Å². The van der Waals surface area contributed by atoms with Crippen molar-refractivity contribution in [2.24, 2.45) is 0 Å². The average molecular weight is 336 g/mol. The predicted octanol–water partition coefficient (Wildman–Crippen LogP) is 3.31. The van der Waals surface area contributed by atoms with Crippen LogP contribution in [0.5, 0.6) is 0 Å². The van der Waals surface area contributed by atoms with Gasteiger partial charge < -0.3 is 14.6 Å². The molecule has 0 spiro atoms. The third kappa shape index (κ3) is 3.40. The van der Waals surface area contributed by atoms with E-state index in [1.54, 1.807) is 6.20 Å². The third-order valence-corrected chi connectivity index (χ3v) is 4.25. The summed E-state index contributed by atoms with van der Waals surface area (Å²) in [6.07, 6.45) is 1.68. The zero-order valence-corrected chi connectivity index (χ0v) is 14.2. The second-order valence-electron chi connectivity index (χ2n) is 5.84. The largest absolute Gasteiger partial charge is 0.465 e. The van der Waals surface area contributed by atoms with Crippen molar-refractivity contribution in [3.8, 4) is 0 Å². The molecule has 1 amide bonds. The van der Waals surface area contributed by atoms with Crippen LogP contribution in [0, 0.1) is 0 Å². The fourth-order valence-electron chi connectivity index (χ4n) is 2.86. The summed E-state index contributed by atoms with van der Waals surface area (Å²) in [5, 5.41) is 3.71.